The number of amides is 1. The van der Waals surface area contributed by atoms with Crippen LogP contribution in [0.3, 0.4) is 0 Å². The third kappa shape index (κ3) is 3.28. The second-order valence-electron chi connectivity index (χ2n) is 7.61. The van der Waals surface area contributed by atoms with Crippen LogP contribution >= 0.6 is 0 Å². The van der Waals surface area contributed by atoms with E-state index in [1.165, 1.54) is 12.1 Å². The number of piperidine rings is 1. The van der Waals surface area contributed by atoms with Crippen molar-refractivity contribution in [3.63, 3.8) is 0 Å². The number of aromatic amines is 1. The first-order valence-electron chi connectivity index (χ1n) is 9.01. The molecule has 1 aromatic heterocycles. The molecule has 2 aliphatic heterocycles. The number of carbonyl (C=O) groups is 1. The van der Waals surface area contributed by atoms with Crippen LogP contribution in [-0.4, -0.2) is 48.5 Å². The van der Waals surface area contributed by atoms with E-state index in [0.29, 0.717) is 6.54 Å². The number of carbonyl (C=O) groups excluding carboxylic acids is 1. The van der Waals surface area contributed by atoms with Crippen molar-refractivity contribution in [2.24, 2.45) is 5.41 Å². The number of rotatable bonds is 3. The summed E-state index contributed by atoms with van der Waals surface area (Å²) in [6.07, 6.45) is 3.21. The summed E-state index contributed by atoms with van der Waals surface area (Å²) in [6.45, 7) is 3.53. The Hall–Kier alpha value is -1.92. The molecule has 1 amide bonds. The predicted octanol–water partition coefficient (Wildman–Crippen LogP) is 2.00. The maximum Gasteiger partial charge on any atom is 0.239 e. The van der Waals surface area contributed by atoms with Crippen LogP contribution in [0.5, 0.6) is 0 Å². The van der Waals surface area contributed by atoms with Crippen LogP contribution in [0.1, 0.15) is 25.0 Å². The molecule has 6 heteroatoms. The van der Waals surface area contributed by atoms with Gasteiger partial charge in [-0.3, -0.25) is 4.79 Å². The van der Waals surface area contributed by atoms with E-state index >= 15 is 0 Å². The maximum absolute atomic E-state index is 13.3. The average Bonchev–Trinajstić information content (AvgIpc) is 3.18. The highest BCUT2D eigenvalue weighted by atomic mass is 19.1. The Morgan fingerprint density at radius 3 is 2.92 bits per heavy atom. The fourth-order valence-corrected chi connectivity index (χ4v) is 4.28. The third-order valence-corrected chi connectivity index (χ3v) is 5.75. The molecular weight excluding hydrogens is 319 g/mol. The SMILES string of the molecule is CN(Cc1cc2cc(F)ccc2[nH]1)C(=O)[C@H]1CC2(CCNCC2)CN1. The van der Waals surface area contributed by atoms with E-state index in [-0.39, 0.29) is 23.2 Å². The van der Waals surface area contributed by atoms with Crippen molar-refractivity contribution in [2.45, 2.75) is 31.8 Å². The fourth-order valence-electron chi connectivity index (χ4n) is 4.28. The summed E-state index contributed by atoms with van der Waals surface area (Å²) in [4.78, 5) is 17.8. The molecule has 3 N–H and O–H groups in total. The van der Waals surface area contributed by atoms with Gasteiger partial charge in [0.1, 0.15) is 5.82 Å². The minimum atomic E-state index is -0.245. The number of halogens is 1. The van der Waals surface area contributed by atoms with Gasteiger partial charge >= 0.3 is 0 Å². The Morgan fingerprint density at radius 1 is 1.32 bits per heavy atom. The van der Waals surface area contributed by atoms with Crippen molar-refractivity contribution in [1.29, 1.82) is 0 Å². The molecule has 0 unspecified atom stereocenters. The summed E-state index contributed by atoms with van der Waals surface area (Å²) in [5.41, 5.74) is 2.10. The van der Waals surface area contributed by atoms with Gasteiger partial charge in [-0.2, -0.15) is 0 Å². The fraction of sp³-hybridized carbons (Fsp3) is 0.526. The zero-order valence-corrected chi connectivity index (χ0v) is 14.6. The highest BCUT2D eigenvalue weighted by Crippen LogP contribution is 2.37. The molecule has 2 saturated heterocycles. The molecule has 3 heterocycles. The van der Waals surface area contributed by atoms with Crippen LogP contribution in [0.2, 0.25) is 0 Å². The molecule has 0 radical (unpaired) electrons. The van der Waals surface area contributed by atoms with Crippen molar-refractivity contribution in [1.82, 2.24) is 20.5 Å². The van der Waals surface area contributed by atoms with Crippen molar-refractivity contribution >= 4 is 16.8 Å². The Kier molecular flexibility index (Phi) is 4.25. The molecule has 4 rings (SSSR count). The summed E-state index contributed by atoms with van der Waals surface area (Å²) in [5.74, 6) is -0.106. The second-order valence-corrected chi connectivity index (χ2v) is 7.61. The molecule has 2 aliphatic rings. The third-order valence-electron chi connectivity index (χ3n) is 5.75. The van der Waals surface area contributed by atoms with Gasteiger partial charge in [0.15, 0.2) is 0 Å². The van der Waals surface area contributed by atoms with Crippen LogP contribution in [0.4, 0.5) is 4.39 Å². The number of likely N-dealkylation sites (N-methyl/N-ethyl adjacent to an activating group) is 1. The van der Waals surface area contributed by atoms with Gasteiger partial charge in [-0.05, 0) is 62.0 Å². The van der Waals surface area contributed by atoms with Crippen LogP contribution < -0.4 is 10.6 Å². The monoisotopic (exact) mass is 344 g/mol. The van der Waals surface area contributed by atoms with Gasteiger partial charge in [-0.15, -0.1) is 0 Å². The second kappa shape index (κ2) is 6.42. The lowest BCUT2D eigenvalue weighted by atomic mass is 9.77. The highest BCUT2D eigenvalue weighted by molar-refractivity contribution is 5.83. The minimum Gasteiger partial charge on any atom is -0.357 e. The van der Waals surface area contributed by atoms with E-state index in [1.807, 2.05) is 13.1 Å². The molecule has 1 spiro atoms. The molecule has 0 saturated carbocycles. The maximum atomic E-state index is 13.3. The van der Waals surface area contributed by atoms with Crippen molar-refractivity contribution in [3.8, 4) is 0 Å². The molecule has 0 bridgehead atoms. The molecule has 1 atom stereocenters. The molecule has 2 fully saturated rings. The van der Waals surface area contributed by atoms with Crippen molar-refractivity contribution in [2.75, 3.05) is 26.7 Å². The lowest BCUT2D eigenvalue weighted by molar-refractivity contribution is -0.132. The first-order chi connectivity index (χ1) is 12.0. The minimum absolute atomic E-state index is 0.0927. The number of H-pyrrole nitrogens is 1. The first-order valence-corrected chi connectivity index (χ1v) is 9.01. The van der Waals surface area contributed by atoms with Crippen LogP contribution in [0, 0.1) is 11.2 Å². The van der Waals surface area contributed by atoms with E-state index in [1.54, 1.807) is 11.0 Å². The lowest BCUT2D eigenvalue weighted by Gasteiger charge is -2.33. The van der Waals surface area contributed by atoms with E-state index in [4.69, 9.17) is 0 Å². The topological polar surface area (TPSA) is 60.2 Å². The Balaban J connectivity index is 1.41. The number of aromatic nitrogens is 1. The zero-order valence-electron chi connectivity index (χ0n) is 14.6. The largest absolute Gasteiger partial charge is 0.357 e. The van der Waals surface area contributed by atoms with Gasteiger partial charge in [-0.25, -0.2) is 4.39 Å². The number of hydrogen-bond donors (Lipinski definition) is 3. The average molecular weight is 344 g/mol. The van der Waals surface area contributed by atoms with Gasteiger partial charge in [0.2, 0.25) is 5.91 Å². The Labute approximate surface area is 147 Å². The molecule has 2 aromatic rings. The van der Waals surface area contributed by atoms with Gasteiger partial charge in [0.25, 0.3) is 0 Å². The summed E-state index contributed by atoms with van der Waals surface area (Å²) < 4.78 is 13.3. The molecule has 134 valence electrons. The Morgan fingerprint density at radius 2 is 2.12 bits per heavy atom. The summed E-state index contributed by atoms with van der Waals surface area (Å²) in [6, 6.07) is 6.51. The zero-order chi connectivity index (χ0) is 17.4. The quantitative estimate of drug-likeness (QED) is 0.798. The van der Waals surface area contributed by atoms with E-state index in [2.05, 4.69) is 15.6 Å². The smallest absolute Gasteiger partial charge is 0.239 e. The van der Waals surface area contributed by atoms with Gasteiger partial charge in [0, 0.05) is 30.2 Å². The van der Waals surface area contributed by atoms with Crippen LogP contribution in [-0.2, 0) is 11.3 Å². The van der Waals surface area contributed by atoms with E-state index < -0.39 is 0 Å². The number of nitrogens with one attached hydrogen (secondary N) is 3. The number of benzene rings is 1. The summed E-state index contributed by atoms with van der Waals surface area (Å²) in [7, 11) is 1.84. The van der Waals surface area contributed by atoms with Gasteiger partial charge in [0.05, 0.1) is 12.6 Å². The van der Waals surface area contributed by atoms with Gasteiger partial charge in [-0.1, -0.05) is 0 Å². The normalized spacial score (nSPS) is 22.6. The predicted molar refractivity (Wildman–Crippen MR) is 95.7 cm³/mol. The van der Waals surface area contributed by atoms with E-state index in [0.717, 1.165) is 55.5 Å². The number of fused-ring (bicyclic) bond motifs is 1. The summed E-state index contributed by atoms with van der Waals surface area (Å²) in [5, 5.41) is 7.67. The molecule has 25 heavy (non-hydrogen) atoms. The van der Waals surface area contributed by atoms with Gasteiger partial charge < -0.3 is 20.5 Å². The summed E-state index contributed by atoms with van der Waals surface area (Å²) >= 11 is 0. The first kappa shape index (κ1) is 16.5. The van der Waals surface area contributed by atoms with Crippen LogP contribution in [0.25, 0.3) is 10.9 Å². The van der Waals surface area contributed by atoms with Crippen molar-refractivity contribution in [3.05, 3.63) is 35.8 Å². The number of hydrogen-bond acceptors (Lipinski definition) is 3. The Bertz CT molecular complexity index is 781. The standard InChI is InChI=1S/C19H25FN4O/c1-24(11-15-9-13-8-14(20)2-3-16(13)23-15)18(25)17-10-19(12-22-17)4-6-21-7-5-19/h2-3,8-9,17,21-23H,4-7,10-12H2,1H3/t17-/m1/s1. The van der Waals surface area contributed by atoms with Crippen molar-refractivity contribution < 1.29 is 9.18 Å². The number of nitrogens with zero attached hydrogens (tertiary/aromatic N) is 1. The molecule has 5 nitrogen and oxygen atoms in total. The molecule has 0 aliphatic carbocycles. The van der Waals surface area contributed by atoms with Crippen LogP contribution in [0.15, 0.2) is 24.3 Å². The lowest BCUT2D eigenvalue weighted by Crippen LogP contribution is -2.41. The molecule has 1 aromatic carbocycles. The molecular formula is C19H25FN4O. The highest BCUT2D eigenvalue weighted by Gasteiger charge is 2.42. The van der Waals surface area contributed by atoms with E-state index in [9.17, 15) is 9.18 Å².